The van der Waals surface area contributed by atoms with Gasteiger partial charge in [-0.05, 0) is 29.6 Å². The minimum Gasteiger partial charge on any atom is -0.452 e. The minimum atomic E-state index is -0.705. The molecule has 0 saturated carbocycles. The summed E-state index contributed by atoms with van der Waals surface area (Å²) >= 11 is 1.31. The molecule has 142 valence electrons. The quantitative estimate of drug-likeness (QED) is 0.696. The third-order valence-electron chi connectivity index (χ3n) is 3.51. The smallest absolute Gasteiger partial charge is 0.338 e. The number of carbonyl (C=O) groups excluding carboxylic acids is 4. The molecule has 0 unspecified atom stereocenters. The van der Waals surface area contributed by atoms with E-state index in [4.69, 9.17) is 4.74 Å². The number of hydrogen-bond donors (Lipinski definition) is 2. The predicted octanol–water partition coefficient (Wildman–Crippen LogP) is 1.36. The van der Waals surface area contributed by atoms with Crippen LogP contribution in [0.4, 0.5) is 5.69 Å². The van der Waals surface area contributed by atoms with Gasteiger partial charge in [-0.15, -0.1) is 11.3 Å². The van der Waals surface area contributed by atoms with Gasteiger partial charge in [-0.2, -0.15) is 0 Å². The maximum absolute atomic E-state index is 12.1. The fourth-order valence-electron chi connectivity index (χ4n) is 2.03. The van der Waals surface area contributed by atoms with Crippen molar-refractivity contribution in [2.45, 2.75) is 0 Å². The molecule has 2 N–H and O–H groups in total. The van der Waals surface area contributed by atoms with Crippen molar-refractivity contribution >= 4 is 40.7 Å². The average Bonchev–Trinajstić information content (AvgIpc) is 3.20. The summed E-state index contributed by atoms with van der Waals surface area (Å²) < 4.78 is 4.99. The molecule has 0 spiro atoms. The summed E-state index contributed by atoms with van der Waals surface area (Å²) in [6.07, 6.45) is 0. The van der Waals surface area contributed by atoms with Crippen LogP contribution in [-0.4, -0.2) is 55.8 Å². The third-order valence-corrected chi connectivity index (χ3v) is 4.38. The van der Waals surface area contributed by atoms with Crippen molar-refractivity contribution in [1.29, 1.82) is 0 Å². The highest BCUT2D eigenvalue weighted by Gasteiger charge is 2.16. The van der Waals surface area contributed by atoms with Crippen LogP contribution in [0.3, 0.4) is 0 Å². The van der Waals surface area contributed by atoms with Crippen LogP contribution in [0.5, 0.6) is 0 Å². The molecule has 1 heterocycles. The molecule has 0 saturated heterocycles. The van der Waals surface area contributed by atoms with Gasteiger partial charge in [0.2, 0.25) is 5.91 Å². The number of anilines is 1. The predicted molar refractivity (Wildman–Crippen MR) is 101 cm³/mol. The normalized spacial score (nSPS) is 10.0. The van der Waals surface area contributed by atoms with E-state index in [0.29, 0.717) is 10.6 Å². The second-order valence-corrected chi connectivity index (χ2v) is 6.46. The number of nitrogens with one attached hydrogen (secondary N) is 2. The number of ether oxygens (including phenoxy) is 1. The number of hydrogen-bond acceptors (Lipinski definition) is 6. The first kappa shape index (κ1) is 20.1. The maximum Gasteiger partial charge on any atom is 0.338 e. The van der Waals surface area contributed by atoms with Crippen molar-refractivity contribution in [2.24, 2.45) is 0 Å². The van der Waals surface area contributed by atoms with Gasteiger partial charge in [0.15, 0.2) is 6.61 Å². The monoisotopic (exact) mass is 389 g/mol. The van der Waals surface area contributed by atoms with Gasteiger partial charge in [0.25, 0.3) is 11.8 Å². The summed E-state index contributed by atoms with van der Waals surface area (Å²) in [6.45, 7) is -0.616. The molecule has 9 heteroatoms. The minimum absolute atomic E-state index is 0.128. The summed E-state index contributed by atoms with van der Waals surface area (Å²) in [5.74, 6) is -1.81. The highest BCUT2D eigenvalue weighted by atomic mass is 32.1. The molecule has 2 aromatic rings. The number of amides is 3. The lowest BCUT2D eigenvalue weighted by Crippen LogP contribution is -2.39. The van der Waals surface area contributed by atoms with E-state index in [1.54, 1.807) is 29.6 Å². The van der Waals surface area contributed by atoms with Gasteiger partial charge in [0, 0.05) is 19.8 Å². The Hall–Kier alpha value is -3.20. The van der Waals surface area contributed by atoms with Crippen LogP contribution in [0.2, 0.25) is 0 Å². The molecule has 0 aliphatic rings. The lowest BCUT2D eigenvalue weighted by Gasteiger charge is -2.16. The Morgan fingerprint density at radius 3 is 2.59 bits per heavy atom. The number of esters is 1. The van der Waals surface area contributed by atoms with Crippen LogP contribution < -0.4 is 10.6 Å². The Kier molecular flexibility index (Phi) is 7.07. The standard InChI is InChI=1S/C18H19N3O5S/c1-19-15(22)10-21(2)16(23)11-26-18(25)12-5-3-6-13(9-12)20-17(24)14-7-4-8-27-14/h3-9H,10-11H2,1-2H3,(H,19,22)(H,20,24). The molecule has 0 radical (unpaired) electrons. The van der Waals surface area contributed by atoms with E-state index in [2.05, 4.69) is 10.6 Å². The average molecular weight is 389 g/mol. The molecule has 1 aromatic carbocycles. The number of nitrogens with zero attached hydrogens (tertiary/aromatic N) is 1. The van der Waals surface area contributed by atoms with Crippen LogP contribution in [0.1, 0.15) is 20.0 Å². The van der Waals surface area contributed by atoms with E-state index in [1.807, 2.05) is 0 Å². The van der Waals surface area contributed by atoms with Crippen LogP contribution in [0, 0.1) is 0 Å². The van der Waals surface area contributed by atoms with Gasteiger partial charge < -0.3 is 20.3 Å². The number of carbonyl (C=O) groups is 4. The zero-order valence-corrected chi connectivity index (χ0v) is 15.7. The van der Waals surface area contributed by atoms with Gasteiger partial charge in [-0.1, -0.05) is 12.1 Å². The van der Waals surface area contributed by atoms with Gasteiger partial charge in [-0.3, -0.25) is 14.4 Å². The van der Waals surface area contributed by atoms with Crippen LogP contribution in [0.25, 0.3) is 0 Å². The SMILES string of the molecule is CNC(=O)CN(C)C(=O)COC(=O)c1cccc(NC(=O)c2cccs2)c1. The summed E-state index contributed by atoms with van der Waals surface area (Å²) in [7, 11) is 2.90. The largest absolute Gasteiger partial charge is 0.452 e. The molecule has 0 bridgehead atoms. The van der Waals surface area contributed by atoms with Crippen molar-refractivity contribution < 1.29 is 23.9 Å². The Balaban J connectivity index is 1.92. The topological polar surface area (TPSA) is 105 Å². The highest BCUT2D eigenvalue weighted by molar-refractivity contribution is 7.12. The van der Waals surface area contributed by atoms with Crippen molar-refractivity contribution in [3.05, 3.63) is 52.2 Å². The lowest BCUT2D eigenvalue weighted by atomic mass is 10.2. The summed E-state index contributed by atoms with van der Waals surface area (Å²) in [5.41, 5.74) is 0.631. The molecule has 1 aromatic heterocycles. The maximum atomic E-state index is 12.1. The summed E-state index contributed by atoms with van der Waals surface area (Å²) in [5, 5.41) is 6.89. The summed E-state index contributed by atoms with van der Waals surface area (Å²) in [6, 6.07) is 9.68. The van der Waals surface area contributed by atoms with Crippen LogP contribution in [-0.2, 0) is 14.3 Å². The molecule has 8 nitrogen and oxygen atoms in total. The van der Waals surface area contributed by atoms with Crippen molar-refractivity contribution in [3.63, 3.8) is 0 Å². The highest BCUT2D eigenvalue weighted by Crippen LogP contribution is 2.15. The van der Waals surface area contributed by atoms with Gasteiger partial charge >= 0.3 is 5.97 Å². The molecule has 3 amide bonds. The van der Waals surface area contributed by atoms with Gasteiger partial charge in [0.1, 0.15) is 0 Å². The number of benzene rings is 1. The van der Waals surface area contributed by atoms with Crippen LogP contribution in [0.15, 0.2) is 41.8 Å². The fraction of sp³-hybridized carbons (Fsp3) is 0.222. The summed E-state index contributed by atoms with van der Waals surface area (Å²) in [4.78, 5) is 49.0. The first-order valence-electron chi connectivity index (χ1n) is 7.97. The third kappa shape index (κ3) is 5.93. The molecule has 2 rings (SSSR count). The van der Waals surface area contributed by atoms with E-state index in [9.17, 15) is 19.2 Å². The Bertz CT molecular complexity index is 835. The zero-order chi connectivity index (χ0) is 19.8. The van der Waals surface area contributed by atoms with Gasteiger partial charge in [-0.25, -0.2) is 4.79 Å². The number of rotatable bonds is 7. The number of thiophene rings is 1. The Morgan fingerprint density at radius 1 is 1.15 bits per heavy atom. The van der Waals surface area contributed by atoms with Gasteiger partial charge in [0.05, 0.1) is 17.0 Å². The van der Waals surface area contributed by atoms with Crippen LogP contribution >= 0.6 is 11.3 Å². The Labute approximate surface area is 160 Å². The molecular weight excluding hydrogens is 370 g/mol. The molecule has 0 fully saturated rings. The van der Waals surface area contributed by atoms with Crippen molar-refractivity contribution in [2.75, 3.05) is 32.6 Å². The van der Waals surface area contributed by atoms with E-state index in [1.165, 1.54) is 37.6 Å². The lowest BCUT2D eigenvalue weighted by molar-refractivity contribution is -0.137. The zero-order valence-electron chi connectivity index (χ0n) is 14.9. The number of likely N-dealkylation sites (N-methyl/N-ethyl adjacent to an activating group) is 2. The second kappa shape index (κ2) is 9.48. The molecule has 27 heavy (non-hydrogen) atoms. The van der Waals surface area contributed by atoms with E-state index in [0.717, 1.165) is 4.90 Å². The fourth-order valence-corrected chi connectivity index (χ4v) is 2.65. The van der Waals surface area contributed by atoms with E-state index < -0.39 is 18.5 Å². The molecule has 0 atom stereocenters. The molecule has 0 aliphatic heterocycles. The van der Waals surface area contributed by atoms with E-state index in [-0.39, 0.29) is 23.9 Å². The second-order valence-electron chi connectivity index (χ2n) is 5.51. The van der Waals surface area contributed by atoms with Crippen molar-refractivity contribution in [3.8, 4) is 0 Å². The first-order chi connectivity index (χ1) is 12.9. The first-order valence-corrected chi connectivity index (χ1v) is 8.85. The Morgan fingerprint density at radius 2 is 1.93 bits per heavy atom. The molecular formula is C18H19N3O5S. The van der Waals surface area contributed by atoms with E-state index >= 15 is 0 Å². The van der Waals surface area contributed by atoms with Crippen molar-refractivity contribution in [1.82, 2.24) is 10.2 Å². The molecule has 0 aliphatic carbocycles.